The van der Waals surface area contributed by atoms with Gasteiger partial charge in [-0.1, -0.05) is 37.6 Å². The minimum absolute atomic E-state index is 0.0131. The molecule has 1 aromatic heterocycles. The van der Waals surface area contributed by atoms with Crippen LogP contribution in [0.3, 0.4) is 0 Å². The first-order chi connectivity index (χ1) is 23.6. The van der Waals surface area contributed by atoms with Crippen LogP contribution >= 0.6 is 19.4 Å². The first-order valence-electron chi connectivity index (χ1n) is 15.5. The number of amides is 4. The standard InChI is InChI=1S/C32H42ClF2N6O8P/c1-21(42)41(39-17-23-8-6-10-27(35)29(23)33)26(18-48-31(44)40-28-15-24-14-25(34)12-11-22(24)16-37-28)9-7-13-36-30(43)38-19-32(2,3)20-49-50(45,46-4)47-5/h6,8,10-12,14-16,26,39H,7,9,13,17-20H2,1-5H3,(H2,36,38,43)(H,37,40,44)/t26-/m0/s1. The highest BCUT2D eigenvalue weighted by Crippen LogP contribution is 2.48. The average Bonchev–Trinajstić information content (AvgIpc) is 3.08. The second kappa shape index (κ2) is 18.9. The summed E-state index contributed by atoms with van der Waals surface area (Å²) in [5, 5.41) is 10.3. The van der Waals surface area contributed by atoms with Crippen LogP contribution in [-0.2, 0) is 34.2 Å². The fourth-order valence-corrected chi connectivity index (χ4v) is 5.60. The van der Waals surface area contributed by atoms with Gasteiger partial charge in [0.25, 0.3) is 0 Å². The molecule has 274 valence electrons. The lowest BCUT2D eigenvalue weighted by Crippen LogP contribution is -2.51. The monoisotopic (exact) mass is 742 g/mol. The maximum absolute atomic E-state index is 14.0. The van der Waals surface area contributed by atoms with Crippen molar-refractivity contribution in [3.63, 3.8) is 0 Å². The summed E-state index contributed by atoms with van der Waals surface area (Å²) in [6.45, 7) is 4.94. The molecule has 2 aromatic carbocycles. The van der Waals surface area contributed by atoms with Crippen molar-refractivity contribution < 1.29 is 46.0 Å². The van der Waals surface area contributed by atoms with Crippen molar-refractivity contribution in [3.05, 3.63) is 70.9 Å². The summed E-state index contributed by atoms with van der Waals surface area (Å²) in [6.07, 6.45) is 1.22. The minimum atomic E-state index is -3.68. The van der Waals surface area contributed by atoms with Crippen molar-refractivity contribution in [3.8, 4) is 0 Å². The summed E-state index contributed by atoms with van der Waals surface area (Å²) in [7, 11) is -1.27. The van der Waals surface area contributed by atoms with Gasteiger partial charge < -0.3 is 15.4 Å². The van der Waals surface area contributed by atoms with Crippen molar-refractivity contribution in [2.45, 2.75) is 46.2 Å². The molecule has 1 atom stereocenters. The average molecular weight is 743 g/mol. The quantitative estimate of drug-likeness (QED) is 0.0673. The number of benzene rings is 2. The lowest BCUT2D eigenvalue weighted by atomic mass is 9.95. The van der Waals surface area contributed by atoms with Gasteiger partial charge in [-0.3, -0.25) is 28.7 Å². The van der Waals surface area contributed by atoms with E-state index in [1.165, 1.54) is 62.7 Å². The number of nitrogens with one attached hydrogen (secondary N) is 4. The molecule has 3 rings (SSSR count). The summed E-state index contributed by atoms with van der Waals surface area (Å²) in [5.74, 6) is -1.36. The highest BCUT2D eigenvalue weighted by atomic mass is 35.5. The van der Waals surface area contributed by atoms with Gasteiger partial charge in [0.2, 0.25) is 5.91 Å². The zero-order valence-corrected chi connectivity index (χ0v) is 30.0. The van der Waals surface area contributed by atoms with Crippen LogP contribution in [0.4, 0.5) is 24.2 Å². The first kappa shape index (κ1) is 40.5. The number of aromatic nitrogens is 1. The Bertz CT molecular complexity index is 1680. The Hall–Kier alpha value is -3.92. The number of phosphoric acid groups is 1. The summed E-state index contributed by atoms with van der Waals surface area (Å²) in [5.41, 5.74) is 2.72. The Morgan fingerprint density at radius 3 is 2.50 bits per heavy atom. The van der Waals surface area contributed by atoms with Crippen molar-refractivity contribution in [1.29, 1.82) is 0 Å². The van der Waals surface area contributed by atoms with Gasteiger partial charge in [-0.15, -0.1) is 0 Å². The maximum Gasteiger partial charge on any atom is 0.474 e. The Labute approximate surface area is 294 Å². The molecule has 0 unspecified atom stereocenters. The number of hydrogen-bond acceptors (Lipinski definition) is 10. The molecular formula is C32H42ClF2N6O8P. The number of rotatable bonds is 18. The summed E-state index contributed by atoms with van der Waals surface area (Å²) >= 11 is 6.10. The number of hydrazine groups is 1. The van der Waals surface area contributed by atoms with Crippen LogP contribution in [0.5, 0.6) is 0 Å². The van der Waals surface area contributed by atoms with Crippen LogP contribution in [0.15, 0.2) is 48.7 Å². The van der Waals surface area contributed by atoms with Crippen molar-refractivity contribution >= 4 is 54.0 Å². The van der Waals surface area contributed by atoms with E-state index in [-0.39, 0.29) is 50.1 Å². The van der Waals surface area contributed by atoms with Crippen molar-refractivity contribution in [2.24, 2.45) is 5.41 Å². The molecule has 0 radical (unpaired) electrons. The number of carbonyl (C=O) groups excluding carboxylic acids is 3. The van der Waals surface area contributed by atoms with Gasteiger partial charge in [0.1, 0.15) is 24.1 Å². The molecular weight excluding hydrogens is 701 g/mol. The molecule has 1 heterocycles. The summed E-state index contributed by atoms with van der Waals surface area (Å²) in [4.78, 5) is 42.2. The van der Waals surface area contributed by atoms with Crippen LogP contribution in [0.2, 0.25) is 5.02 Å². The Morgan fingerprint density at radius 2 is 1.80 bits per heavy atom. The van der Waals surface area contributed by atoms with Crippen LogP contribution in [0.1, 0.15) is 39.2 Å². The molecule has 0 saturated heterocycles. The molecule has 0 aliphatic carbocycles. The number of phosphoric ester groups is 1. The molecule has 0 aliphatic heterocycles. The first-order valence-corrected chi connectivity index (χ1v) is 17.3. The highest BCUT2D eigenvalue weighted by molar-refractivity contribution is 7.48. The van der Waals surface area contributed by atoms with Crippen LogP contribution in [0, 0.1) is 17.0 Å². The lowest BCUT2D eigenvalue weighted by molar-refractivity contribution is -0.136. The van der Waals surface area contributed by atoms with Gasteiger partial charge in [0.15, 0.2) is 0 Å². The van der Waals surface area contributed by atoms with Gasteiger partial charge in [0.05, 0.1) is 17.7 Å². The van der Waals surface area contributed by atoms with E-state index < -0.39 is 48.9 Å². The van der Waals surface area contributed by atoms with Crippen LogP contribution < -0.4 is 21.4 Å². The summed E-state index contributed by atoms with van der Waals surface area (Å²) in [6, 6.07) is 8.75. The number of pyridine rings is 1. The third kappa shape index (κ3) is 12.8. The minimum Gasteiger partial charge on any atom is -0.447 e. The molecule has 0 fully saturated rings. The molecule has 4 N–H and O–H groups in total. The predicted octanol–water partition coefficient (Wildman–Crippen LogP) is 6.16. The molecule has 3 aromatic rings. The zero-order valence-electron chi connectivity index (χ0n) is 28.4. The Balaban J connectivity index is 1.60. The number of halogens is 3. The van der Waals surface area contributed by atoms with E-state index in [1.54, 1.807) is 26.0 Å². The molecule has 4 amide bonds. The molecule has 0 saturated carbocycles. The fourth-order valence-electron chi connectivity index (χ4n) is 4.54. The SMILES string of the molecule is COP(=O)(OC)OCC(C)(C)CNC(=O)NCCC[C@@H](COC(=O)Nc1cc2cc(F)ccc2cn1)N(NCc1cccc(F)c1Cl)C(C)=O. The second-order valence-corrected chi connectivity index (χ2v) is 14.1. The predicted molar refractivity (Wildman–Crippen MR) is 183 cm³/mol. The molecule has 0 bridgehead atoms. The van der Waals surface area contributed by atoms with E-state index in [2.05, 4.69) is 26.4 Å². The van der Waals surface area contributed by atoms with E-state index in [0.29, 0.717) is 22.8 Å². The Kier molecular flexibility index (Phi) is 15.3. The van der Waals surface area contributed by atoms with Crippen molar-refractivity contribution in [1.82, 2.24) is 26.1 Å². The number of ether oxygens (including phenoxy) is 1. The second-order valence-electron chi connectivity index (χ2n) is 11.9. The lowest BCUT2D eigenvalue weighted by Gasteiger charge is -2.31. The van der Waals surface area contributed by atoms with E-state index >= 15 is 0 Å². The van der Waals surface area contributed by atoms with E-state index in [9.17, 15) is 27.7 Å². The number of nitrogens with zero attached hydrogens (tertiary/aromatic N) is 2. The fraction of sp³-hybridized carbons (Fsp3) is 0.438. The van der Waals surface area contributed by atoms with E-state index in [1.807, 2.05) is 0 Å². The van der Waals surface area contributed by atoms with E-state index in [4.69, 9.17) is 29.9 Å². The molecule has 0 spiro atoms. The normalized spacial score (nSPS) is 12.3. The van der Waals surface area contributed by atoms with Gasteiger partial charge in [-0.05, 0) is 54.1 Å². The molecule has 0 aliphatic rings. The number of urea groups is 1. The molecule has 50 heavy (non-hydrogen) atoms. The summed E-state index contributed by atoms with van der Waals surface area (Å²) < 4.78 is 60.1. The van der Waals surface area contributed by atoms with Gasteiger partial charge >= 0.3 is 19.9 Å². The number of carbonyl (C=O) groups is 3. The van der Waals surface area contributed by atoms with Crippen LogP contribution in [0.25, 0.3) is 10.8 Å². The van der Waals surface area contributed by atoms with Crippen LogP contribution in [-0.4, -0.2) is 74.6 Å². The smallest absolute Gasteiger partial charge is 0.447 e. The number of anilines is 1. The third-order valence-corrected chi connectivity index (χ3v) is 9.05. The highest BCUT2D eigenvalue weighted by Gasteiger charge is 2.29. The largest absolute Gasteiger partial charge is 0.474 e. The van der Waals surface area contributed by atoms with E-state index in [0.717, 1.165) is 0 Å². The topological polar surface area (TPSA) is 169 Å². The maximum atomic E-state index is 14.0. The number of hydrogen-bond donors (Lipinski definition) is 4. The Morgan fingerprint density at radius 1 is 1.06 bits per heavy atom. The zero-order chi connectivity index (χ0) is 36.9. The van der Waals surface area contributed by atoms with Crippen molar-refractivity contribution in [2.75, 3.05) is 45.8 Å². The van der Waals surface area contributed by atoms with Gasteiger partial charge in [-0.2, -0.15) is 0 Å². The van der Waals surface area contributed by atoms with Gasteiger partial charge in [0, 0.05) is 57.8 Å². The van der Waals surface area contributed by atoms with Gasteiger partial charge in [-0.25, -0.2) is 33.3 Å². The molecule has 14 nitrogen and oxygen atoms in total. The molecule has 18 heteroatoms. The number of fused-ring (bicyclic) bond motifs is 1. The third-order valence-electron chi connectivity index (χ3n) is 7.28.